The lowest BCUT2D eigenvalue weighted by atomic mass is 10.1. The van der Waals surface area contributed by atoms with Crippen LogP contribution in [-0.4, -0.2) is 37.3 Å². The van der Waals surface area contributed by atoms with Gasteiger partial charge in [0.2, 0.25) is 0 Å². The van der Waals surface area contributed by atoms with Gasteiger partial charge in [-0.2, -0.15) is 0 Å². The summed E-state index contributed by atoms with van der Waals surface area (Å²) in [5.41, 5.74) is 0. The third kappa shape index (κ3) is 24.6. The van der Waals surface area contributed by atoms with Gasteiger partial charge in [-0.1, -0.05) is 118 Å². The molecular weight excluding hydrogens is 390 g/mol. The van der Waals surface area contributed by atoms with Gasteiger partial charge in [-0.05, 0) is 44.9 Å². The van der Waals surface area contributed by atoms with Gasteiger partial charge in [0.25, 0.3) is 0 Å². The van der Waals surface area contributed by atoms with E-state index in [0.717, 1.165) is 6.42 Å². The molecular formula is C30H65NO. The third-order valence-corrected chi connectivity index (χ3v) is 6.86. The van der Waals surface area contributed by atoms with E-state index in [1.54, 1.807) is 0 Å². The Balaban J connectivity index is 0. The first kappa shape index (κ1) is 34.1. The first-order chi connectivity index (χ1) is 15.7. The summed E-state index contributed by atoms with van der Waals surface area (Å²) in [6, 6.07) is 0. The standard InChI is InChI=1S/C27H58N.C3H7O/c1-5-9-12-15-18-21-25-28(24-8-4,26-22-19-16-13-10-6-2)27-23-20-17-14-11-7-3;1-2-3-4/h5-27H2,1-4H3;2-3H2,1H3/q+1;-1. The van der Waals surface area contributed by atoms with Gasteiger partial charge in [0.05, 0.1) is 26.2 Å². The Kier molecular flexibility index (Phi) is 30.8. The van der Waals surface area contributed by atoms with Crippen LogP contribution in [0, 0.1) is 0 Å². The normalized spacial score (nSPS) is 11.4. The fraction of sp³-hybridized carbons (Fsp3) is 1.00. The first-order valence-corrected chi connectivity index (χ1v) is 15.1. The van der Waals surface area contributed by atoms with Crippen molar-refractivity contribution in [3.63, 3.8) is 0 Å². The molecule has 32 heavy (non-hydrogen) atoms. The summed E-state index contributed by atoms with van der Waals surface area (Å²) in [6.45, 7) is 17.1. The largest absolute Gasteiger partial charge is 0.854 e. The highest BCUT2D eigenvalue weighted by Gasteiger charge is 2.25. The SMILES string of the molecule is CCCCCCCC[N+](CCC)(CCCCCCCC)CCCCCCCC.CCC[O-]. The fourth-order valence-corrected chi connectivity index (χ4v) is 4.83. The van der Waals surface area contributed by atoms with Crippen LogP contribution in [0.2, 0.25) is 0 Å². The maximum atomic E-state index is 9.30. The molecule has 0 aromatic rings. The molecule has 196 valence electrons. The Labute approximate surface area is 205 Å². The van der Waals surface area contributed by atoms with E-state index >= 15 is 0 Å². The average Bonchev–Trinajstić information content (AvgIpc) is 2.81. The quantitative estimate of drug-likeness (QED) is 0.105. The van der Waals surface area contributed by atoms with Crippen molar-refractivity contribution in [2.45, 2.75) is 163 Å². The number of unbranched alkanes of at least 4 members (excludes halogenated alkanes) is 15. The molecule has 0 aromatic carbocycles. The van der Waals surface area contributed by atoms with Crippen LogP contribution in [0.25, 0.3) is 0 Å². The van der Waals surface area contributed by atoms with Crippen LogP contribution in [-0.2, 0) is 0 Å². The van der Waals surface area contributed by atoms with Gasteiger partial charge in [0.1, 0.15) is 0 Å². The molecule has 0 N–H and O–H groups in total. The Hall–Kier alpha value is -0.0800. The summed E-state index contributed by atoms with van der Waals surface area (Å²) in [7, 11) is 0. The van der Waals surface area contributed by atoms with Crippen LogP contribution >= 0.6 is 0 Å². The van der Waals surface area contributed by atoms with E-state index in [1.165, 1.54) is 153 Å². The zero-order valence-electron chi connectivity index (χ0n) is 23.5. The second-order valence-corrected chi connectivity index (χ2v) is 10.2. The van der Waals surface area contributed by atoms with Crippen LogP contribution in [0.15, 0.2) is 0 Å². The Morgan fingerprint density at radius 2 is 0.625 bits per heavy atom. The summed E-state index contributed by atoms with van der Waals surface area (Å²) in [5.74, 6) is 0. The monoisotopic (exact) mass is 456 g/mol. The van der Waals surface area contributed by atoms with E-state index in [0.29, 0.717) is 0 Å². The Morgan fingerprint density at radius 3 is 0.875 bits per heavy atom. The van der Waals surface area contributed by atoms with Gasteiger partial charge >= 0.3 is 0 Å². The lowest BCUT2D eigenvalue weighted by Crippen LogP contribution is -2.50. The molecule has 2 nitrogen and oxygen atoms in total. The third-order valence-electron chi connectivity index (χ3n) is 6.86. The van der Waals surface area contributed by atoms with E-state index in [-0.39, 0.29) is 6.61 Å². The van der Waals surface area contributed by atoms with E-state index in [9.17, 15) is 5.11 Å². The van der Waals surface area contributed by atoms with Gasteiger partial charge in [-0.15, -0.1) is 6.61 Å². The Morgan fingerprint density at radius 1 is 0.344 bits per heavy atom. The molecule has 0 saturated heterocycles. The van der Waals surface area contributed by atoms with Crippen molar-refractivity contribution in [2.75, 3.05) is 32.8 Å². The van der Waals surface area contributed by atoms with Crippen molar-refractivity contribution in [3.05, 3.63) is 0 Å². The molecule has 0 saturated carbocycles. The highest BCUT2D eigenvalue weighted by atomic mass is 16.2. The highest BCUT2D eigenvalue weighted by Crippen LogP contribution is 2.19. The van der Waals surface area contributed by atoms with Crippen molar-refractivity contribution in [1.29, 1.82) is 0 Å². The van der Waals surface area contributed by atoms with Gasteiger partial charge in [0.15, 0.2) is 0 Å². The van der Waals surface area contributed by atoms with Crippen molar-refractivity contribution in [2.24, 2.45) is 0 Å². The van der Waals surface area contributed by atoms with Crippen LogP contribution in [0.5, 0.6) is 0 Å². The minimum atomic E-state index is 0.0694. The summed E-state index contributed by atoms with van der Waals surface area (Å²) in [4.78, 5) is 0. The summed E-state index contributed by atoms with van der Waals surface area (Å²) < 4.78 is 1.45. The minimum absolute atomic E-state index is 0.0694. The smallest absolute Gasteiger partial charge is 0.0786 e. The first-order valence-electron chi connectivity index (χ1n) is 15.1. The maximum absolute atomic E-state index is 9.30. The van der Waals surface area contributed by atoms with Crippen LogP contribution in [0.1, 0.15) is 163 Å². The molecule has 0 aliphatic heterocycles. The van der Waals surface area contributed by atoms with Crippen molar-refractivity contribution >= 4 is 0 Å². The second-order valence-electron chi connectivity index (χ2n) is 10.2. The number of hydrogen-bond acceptors (Lipinski definition) is 1. The van der Waals surface area contributed by atoms with E-state index in [1.807, 2.05) is 6.92 Å². The van der Waals surface area contributed by atoms with Gasteiger partial charge in [-0.25, -0.2) is 0 Å². The lowest BCUT2D eigenvalue weighted by Gasteiger charge is -2.39. The molecule has 0 unspecified atom stereocenters. The van der Waals surface area contributed by atoms with E-state index in [4.69, 9.17) is 0 Å². The molecule has 0 radical (unpaired) electrons. The van der Waals surface area contributed by atoms with Crippen LogP contribution < -0.4 is 5.11 Å². The van der Waals surface area contributed by atoms with Gasteiger partial charge in [-0.3, -0.25) is 0 Å². The molecule has 0 spiro atoms. The molecule has 0 aliphatic carbocycles. The molecule has 0 aromatic heterocycles. The summed E-state index contributed by atoms with van der Waals surface area (Å²) >= 11 is 0. The zero-order valence-corrected chi connectivity index (χ0v) is 23.5. The molecule has 2 heteroatoms. The predicted molar refractivity (Wildman–Crippen MR) is 145 cm³/mol. The molecule has 0 heterocycles. The molecule has 0 rings (SSSR count). The predicted octanol–water partition coefficient (Wildman–Crippen LogP) is 9.05. The van der Waals surface area contributed by atoms with E-state index in [2.05, 4.69) is 27.7 Å². The number of quaternary nitrogens is 1. The number of rotatable bonds is 24. The number of hydrogen-bond donors (Lipinski definition) is 0. The molecule has 0 bridgehead atoms. The van der Waals surface area contributed by atoms with Crippen molar-refractivity contribution < 1.29 is 9.59 Å². The summed E-state index contributed by atoms with van der Waals surface area (Å²) in [5, 5.41) is 9.30. The maximum Gasteiger partial charge on any atom is 0.0786 e. The topological polar surface area (TPSA) is 23.1 Å². The minimum Gasteiger partial charge on any atom is -0.854 e. The Bertz CT molecular complexity index is 275. The van der Waals surface area contributed by atoms with Crippen molar-refractivity contribution in [1.82, 2.24) is 0 Å². The fourth-order valence-electron chi connectivity index (χ4n) is 4.83. The molecule has 0 fully saturated rings. The average molecular weight is 456 g/mol. The number of nitrogens with zero attached hydrogens (tertiary/aromatic N) is 1. The highest BCUT2D eigenvalue weighted by molar-refractivity contribution is 4.53. The van der Waals surface area contributed by atoms with Crippen molar-refractivity contribution in [3.8, 4) is 0 Å². The molecule has 0 atom stereocenters. The lowest BCUT2D eigenvalue weighted by molar-refractivity contribution is -0.929. The summed E-state index contributed by atoms with van der Waals surface area (Å²) in [6.07, 6.45) is 28.1. The van der Waals surface area contributed by atoms with Crippen LogP contribution in [0.4, 0.5) is 0 Å². The molecule has 0 amide bonds. The van der Waals surface area contributed by atoms with Crippen LogP contribution in [0.3, 0.4) is 0 Å². The second kappa shape index (κ2) is 29.0. The van der Waals surface area contributed by atoms with E-state index < -0.39 is 0 Å². The van der Waals surface area contributed by atoms with Gasteiger partial charge in [0, 0.05) is 0 Å². The zero-order chi connectivity index (χ0) is 24.2. The molecule has 0 aliphatic rings. The van der Waals surface area contributed by atoms with Gasteiger partial charge < -0.3 is 9.59 Å².